The van der Waals surface area contributed by atoms with Gasteiger partial charge in [0.05, 0.1) is 9.72 Å². The molecule has 1 aromatic rings. The van der Waals surface area contributed by atoms with Crippen molar-refractivity contribution in [1.29, 1.82) is 0 Å². The van der Waals surface area contributed by atoms with Gasteiger partial charge in [-0.25, -0.2) is 4.98 Å². The normalized spacial score (nSPS) is 24.9. The van der Waals surface area contributed by atoms with Gasteiger partial charge >= 0.3 is 0 Å². The van der Waals surface area contributed by atoms with E-state index < -0.39 is 0 Å². The largest absolute Gasteiger partial charge is 0.345 e. The topological polar surface area (TPSA) is 28.7 Å². The van der Waals surface area contributed by atoms with Crippen molar-refractivity contribution < 1.29 is 0 Å². The number of aromatic amines is 1. The second kappa shape index (κ2) is 5.02. The first-order chi connectivity index (χ1) is 8.25. The van der Waals surface area contributed by atoms with E-state index in [4.69, 9.17) is 12.2 Å². The second-order valence-electron chi connectivity index (χ2n) is 4.78. The molecule has 2 nitrogen and oxygen atoms in total. The molecular formula is C12H15BrN2S2. The van der Waals surface area contributed by atoms with E-state index in [9.17, 15) is 0 Å². The molecular weight excluding hydrogens is 316 g/mol. The molecule has 0 amide bonds. The summed E-state index contributed by atoms with van der Waals surface area (Å²) in [5.41, 5.74) is 1.28. The Kier molecular flexibility index (Phi) is 3.59. The number of aromatic nitrogens is 2. The molecule has 92 valence electrons. The quantitative estimate of drug-likeness (QED) is 0.794. The Balaban J connectivity index is 1.96. The first-order valence-electron chi connectivity index (χ1n) is 6.17. The molecule has 3 rings (SSSR count). The summed E-state index contributed by atoms with van der Waals surface area (Å²) in [6, 6.07) is 0. The van der Waals surface area contributed by atoms with Gasteiger partial charge in [0.25, 0.3) is 0 Å². The van der Waals surface area contributed by atoms with Crippen molar-refractivity contribution >= 4 is 39.9 Å². The maximum atomic E-state index is 5.36. The Morgan fingerprint density at radius 3 is 2.76 bits per heavy atom. The molecule has 1 unspecified atom stereocenters. The van der Waals surface area contributed by atoms with Crippen molar-refractivity contribution in [2.45, 2.75) is 43.3 Å². The number of nitrogens with zero attached hydrogens (tertiary/aromatic N) is 1. The highest BCUT2D eigenvalue weighted by molar-refractivity contribution is 9.10. The second-order valence-corrected chi connectivity index (χ2v) is 7.27. The maximum absolute atomic E-state index is 5.36. The average molecular weight is 331 g/mol. The average Bonchev–Trinajstić information content (AvgIpc) is 3.18. The summed E-state index contributed by atoms with van der Waals surface area (Å²) in [5.74, 6) is 3.04. The van der Waals surface area contributed by atoms with Crippen LogP contribution in [0, 0.1) is 4.64 Å². The van der Waals surface area contributed by atoms with Crippen LogP contribution in [0.1, 0.15) is 54.8 Å². The predicted octanol–water partition coefficient (Wildman–Crippen LogP) is 4.74. The van der Waals surface area contributed by atoms with Gasteiger partial charge in [-0.05, 0) is 47.4 Å². The zero-order chi connectivity index (χ0) is 11.8. The van der Waals surface area contributed by atoms with Crippen molar-refractivity contribution in [3.8, 4) is 0 Å². The molecule has 0 bridgehead atoms. The van der Waals surface area contributed by atoms with E-state index in [1.54, 1.807) is 0 Å². The minimum Gasteiger partial charge on any atom is -0.345 e. The lowest BCUT2D eigenvalue weighted by Crippen LogP contribution is -2.08. The van der Waals surface area contributed by atoms with E-state index in [0.717, 1.165) is 14.9 Å². The lowest BCUT2D eigenvalue weighted by atomic mass is 10.1. The Labute approximate surface area is 119 Å². The number of hydrogen-bond acceptors (Lipinski definition) is 3. The number of hydrogen-bond donors (Lipinski definition) is 1. The number of H-pyrrole nitrogens is 1. The van der Waals surface area contributed by atoms with Gasteiger partial charge in [0.1, 0.15) is 10.5 Å². The van der Waals surface area contributed by atoms with Crippen molar-refractivity contribution in [1.82, 2.24) is 9.97 Å². The van der Waals surface area contributed by atoms with E-state index in [0.29, 0.717) is 11.2 Å². The van der Waals surface area contributed by atoms with Crippen LogP contribution in [0.3, 0.4) is 0 Å². The van der Waals surface area contributed by atoms with E-state index in [1.807, 2.05) is 11.8 Å². The van der Waals surface area contributed by atoms with E-state index in [1.165, 1.54) is 43.6 Å². The van der Waals surface area contributed by atoms with Crippen LogP contribution in [-0.2, 0) is 0 Å². The zero-order valence-electron chi connectivity index (χ0n) is 9.54. The van der Waals surface area contributed by atoms with E-state index >= 15 is 0 Å². The number of rotatable bonds is 2. The molecule has 1 aliphatic carbocycles. The first kappa shape index (κ1) is 12.2. The molecule has 1 atom stereocenters. The van der Waals surface area contributed by atoms with Gasteiger partial charge in [-0.3, -0.25) is 0 Å². The number of halogens is 1. The van der Waals surface area contributed by atoms with Crippen molar-refractivity contribution in [3.63, 3.8) is 0 Å². The number of nitrogens with one attached hydrogen (secondary N) is 1. The molecule has 2 heterocycles. The molecule has 1 N–H and O–H groups in total. The Bertz CT molecular complexity index is 476. The third-order valence-corrected chi connectivity index (χ3v) is 6.13. The van der Waals surface area contributed by atoms with Crippen LogP contribution in [0.15, 0.2) is 4.47 Å². The monoisotopic (exact) mass is 330 g/mol. The molecule has 0 aromatic carbocycles. The van der Waals surface area contributed by atoms with Gasteiger partial charge in [0.2, 0.25) is 0 Å². The van der Waals surface area contributed by atoms with Crippen molar-refractivity contribution in [2.24, 2.45) is 0 Å². The lowest BCUT2D eigenvalue weighted by Gasteiger charge is -2.21. The SMILES string of the molecule is S=c1nc(C2CCCCS2)[nH]c(C2CC2)c1Br. The summed E-state index contributed by atoms with van der Waals surface area (Å²) >= 11 is 10.9. The van der Waals surface area contributed by atoms with Gasteiger partial charge in [-0.2, -0.15) is 11.8 Å². The summed E-state index contributed by atoms with van der Waals surface area (Å²) in [7, 11) is 0. The fraction of sp³-hybridized carbons (Fsp3) is 0.667. The summed E-state index contributed by atoms with van der Waals surface area (Å²) in [4.78, 5) is 8.10. The Hall–Kier alpha value is 0.130. The molecule has 0 radical (unpaired) electrons. The smallest absolute Gasteiger partial charge is 0.144 e. The molecule has 5 heteroatoms. The summed E-state index contributed by atoms with van der Waals surface area (Å²) in [5, 5.41) is 0.524. The molecule has 0 spiro atoms. The molecule has 1 aromatic heterocycles. The highest BCUT2D eigenvalue weighted by Gasteiger charge is 2.29. The predicted molar refractivity (Wildman–Crippen MR) is 78.1 cm³/mol. The fourth-order valence-electron chi connectivity index (χ4n) is 2.26. The third-order valence-electron chi connectivity index (χ3n) is 3.38. The fourth-order valence-corrected chi connectivity index (χ4v) is 4.23. The lowest BCUT2D eigenvalue weighted by molar-refractivity contribution is 0.656. The van der Waals surface area contributed by atoms with Crippen LogP contribution in [0.2, 0.25) is 0 Å². The Morgan fingerprint density at radius 2 is 2.12 bits per heavy atom. The summed E-state index contributed by atoms with van der Waals surface area (Å²) in [6.07, 6.45) is 6.45. The minimum absolute atomic E-state index is 0.524. The first-order valence-corrected chi connectivity index (χ1v) is 8.42. The molecule has 1 saturated heterocycles. The van der Waals surface area contributed by atoms with Gasteiger partial charge in [-0.1, -0.05) is 18.6 Å². The third kappa shape index (κ3) is 2.61. The van der Waals surface area contributed by atoms with Crippen LogP contribution in [0.5, 0.6) is 0 Å². The van der Waals surface area contributed by atoms with Gasteiger partial charge in [0.15, 0.2) is 0 Å². The summed E-state index contributed by atoms with van der Waals surface area (Å²) in [6.45, 7) is 0. The van der Waals surface area contributed by atoms with E-state index in [-0.39, 0.29) is 0 Å². The van der Waals surface area contributed by atoms with E-state index in [2.05, 4.69) is 25.9 Å². The minimum atomic E-state index is 0.524. The zero-order valence-corrected chi connectivity index (χ0v) is 12.8. The van der Waals surface area contributed by atoms with Crippen LogP contribution in [0.25, 0.3) is 0 Å². The maximum Gasteiger partial charge on any atom is 0.144 e. The summed E-state index contributed by atoms with van der Waals surface area (Å²) < 4.78 is 1.74. The van der Waals surface area contributed by atoms with Gasteiger partial charge in [-0.15, -0.1) is 0 Å². The van der Waals surface area contributed by atoms with Crippen LogP contribution in [0.4, 0.5) is 0 Å². The molecule has 2 aliphatic rings. The molecule has 17 heavy (non-hydrogen) atoms. The van der Waals surface area contributed by atoms with Gasteiger partial charge < -0.3 is 4.98 Å². The highest BCUT2D eigenvalue weighted by atomic mass is 79.9. The van der Waals surface area contributed by atoms with Crippen LogP contribution < -0.4 is 0 Å². The number of thioether (sulfide) groups is 1. The van der Waals surface area contributed by atoms with Crippen LogP contribution in [-0.4, -0.2) is 15.7 Å². The molecule has 2 fully saturated rings. The van der Waals surface area contributed by atoms with Crippen molar-refractivity contribution in [3.05, 3.63) is 20.6 Å². The molecule has 1 saturated carbocycles. The van der Waals surface area contributed by atoms with Crippen LogP contribution >= 0.6 is 39.9 Å². The molecule has 1 aliphatic heterocycles. The Morgan fingerprint density at radius 1 is 1.29 bits per heavy atom. The highest BCUT2D eigenvalue weighted by Crippen LogP contribution is 2.44. The standard InChI is InChI=1S/C12H15BrN2S2/c13-9-10(7-4-5-7)14-11(15-12(9)16)8-3-1-2-6-17-8/h7-8H,1-6H2,(H,14,15,16). The van der Waals surface area contributed by atoms with Gasteiger partial charge in [0, 0.05) is 11.6 Å². The van der Waals surface area contributed by atoms with Crippen molar-refractivity contribution in [2.75, 3.05) is 5.75 Å².